The fourth-order valence-corrected chi connectivity index (χ4v) is 2.96. The molecule has 0 radical (unpaired) electrons. The average Bonchev–Trinajstić information content (AvgIpc) is 3.02. The van der Waals surface area contributed by atoms with Gasteiger partial charge in [0, 0.05) is 12.4 Å². The number of para-hydroxylation sites is 2. The Bertz CT molecular complexity index is 1290. The average molecular weight is 343 g/mol. The van der Waals surface area contributed by atoms with Gasteiger partial charge in [0.1, 0.15) is 11.7 Å². The third-order valence-electron chi connectivity index (χ3n) is 4.26. The molecule has 0 aliphatic rings. The molecular formula is C19H13N5O2. The summed E-state index contributed by atoms with van der Waals surface area (Å²) < 4.78 is 1.47. The maximum absolute atomic E-state index is 13.1. The number of hydrogen-bond acceptors (Lipinski definition) is 5. The van der Waals surface area contributed by atoms with Crippen molar-refractivity contribution in [2.24, 2.45) is 4.99 Å². The van der Waals surface area contributed by atoms with Gasteiger partial charge in [-0.3, -0.25) is 9.20 Å². The van der Waals surface area contributed by atoms with Crippen molar-refractivity contribution in [2.45, 2.75) is 6.92 Å². The predicted molar refractivity (Wildman–Crippen MR) is 98.1 cm³/mol. The summed E-state index contributed by atoms with van der Waals surface area (Å²) in [6, 6.07) is 12.5. The molecule has 0 saturated heterocycles. The molecule has 4 rings (SSSR count). The van der Waals surface area contributed by atoms with E-state index in [0.29, 0.717) is 22.3 Å². The van der Waals surface area contributed by atoms with E-state index in [2.05, 4.69) is 21.0 Å². The van der Waals surface area contributed by atoms with E-state index in [1.807, 2.05) is 24.3 Å². The normalized spacial score (nSPS) is 11.4. The monoisotopic (exact) mass is 343 g/mol. The molecule has 2 N–H and O–H groups in total. The van der Waals surface area contributed by atoms with Crippen molar-refractivity contribution >= 4 is 28.7 Å². The molecule has 4 aromatic rings. The van der Waals surface area contributed by atoms with Gasteiger partial charge in [0.15, 0.2) is 11.6 Å². The van der Waals surface area contributed by atoms with E-state index in [1.165, 1.54) is 22.9 Å². The van der Waals surface area contributed by atoms with Crippen LogP contribution in [0.15, 0.2) is 52.4 Å². The molecule has 7 nitrogen and oxygen atoms in total. The Morgan fingerprint density at radius 2 is 2.12 bits per heavy atom. The second-order valence-electron chi connectivity index (χ2n) is 5.76. The van der Waals surface area contributed by atoms with Gasteiger partial charge in [0.2, 0.25) is 0 Å². The zero-order valence-electron chi connectivity index (χ0n) is 13.8. The van der Waals surface area contributed by atoms with Gasteiger partial charge < -0.3 is 10.1 Å². The Morgan fingerprint density at radius 1 is 1.31 bits per heavy atom. The van der Waals surface area contributed by atoms with Crippen LogP contribution >= 0.6 is 0 Å². The minimum Gasteiger partial charge on any atom is -0.504 e. The van der Waals surface area contributed by atoms with E-state index in [9.17, 15) is 15.2 Å². The number of nitrogens with zero attached hydrogens (tertiary/aromatic N) is 4. The van der Waals surface area contributed by atoms with Gasteiger partial charge in [-0.1, -0.05) is 12.1 Å². The van der Waals surface area contributed by atoms with Crippen LogP contribution in [0, 0.1) is 18.3 Å². The number of aliphatic imine (C=N–C) groups is 1. The third kappa shape index (κ3) is 2.24. The van der Waals surface area contributed by atoms with Crippen LogP contribution in [-0.4, -0.2) is 25.7 Å². The third-order valence-corrected chi connectivity index (χ3v) is 4.26. The molecule has 3 heterocycles. The lowest BCUT2D eigenvalue weighted by atomic mass is 10.1. The number of aromatic amines is 1. The number of fused-ring (bicyclic) bond motifs is 3. The maximum atomic E-state index is 13.1. The largest absolute Gasteiger partial charge is 0.504 e. The first kappa shape index (κ1) is 15.6. The standard InChI is InChI=1S/C19H13N5O2/c1-11-12(9-20)18-23-14-5-2-3-6-15(14)24(18)19(26)13(11)10-22-17-16(25)7-4-8-21-17/h2-8,10,23,25H,1H3/b22-10+. The first-order valence-electron chi connectivity index (χ1n) is 7.86. The molecule has 0 aliphatic carbocycles. The lowest BCUT2D eigenvalue weighted by molar-refractivity contribution is 0.474. The van der Waals surface area contributed by atoms with E-state index < -0.39 is 0 Å². The number of H-pyrrole nitrogens is 1. The number of pyridine rings is 2. The summed E-state index contributed by atoms with van der Waals surface area (Å²) in [5.41, 5.74) is 2.75. The number of rotatable bonds is 2. The molecule has 1 aromatic carbocycles. The quantitative estimate of drug-likeness (QED) is 0.546. The molecule has 26 heavy (non-hydrogen) atoms. The van der Waals surface area contributed by atoms with E-state index >= 15 is 0 Å². The topological polar surface area (TPSA) is 107 Å². The zero-order chi connectivity index (χ0) is 18.3. The van der Waals surface area contributed by atoms with Crippen LogP contribution in [0.25, 0.3) is 16.7 Å². The summed E-state index contributed by atoms with van der Waals surface area (Å²) in [5.74, 6) is 0.0176. The minimum absolute atomic E-state index is 0.0878. The molecule has 0 spiro atoms. The highest BCUT2D eigenvalue weighted by Gasteiger charge is 2.17. The van der Waals surface area contributed by atoms with Crippen molar-refractivity contribution in [1.29, 1.82) is 5.26 Å². The summed E-state index contributed by atoms with van der Waals surface area (Å²) in [5, 5.41) is 19.4. The van der Waals surface area contributed by atoms with Crippen LogP contribution in [0.2, 0.25) is 0 Å². The van der Waals surface area contributed by atoms with E-state index in [-0.39, 0.29) is 22.7 Å². The second kappa shape index (κ2) is 5.86. The number of aromatic hydroxyl groups is 1. The van der Waals surface area contributed by atoms with Gasteiger partial charge in [-0.25, -0.2) is 9.98 Å². The summed E-state index contributed by atoms with van der Waals surface area (Å²) in [7, 11) is 0. The van der Waals surface area contributed by atoms with Crippen LogP contribution < -0.4 is 5.56 Å². The van der Waals surface area contributed by atoms with E-state index in [0.717, 1.165) is 5.52 Å². The van der Waals surface area contributed by atoms with Crippen LogP contribution in [0.3, 0.4) is 0 Å². The smallest absolute Gasteiger partial charge is 0.265 e. The molecule has 7 heteroatoms. The lowest BCUT2D eigenvalue weighted by Gasteiger charge is -2.05. The number of aromatic nitrogens is 3. The summed E-state index contributed by atoms with van der Waals surface area (Å²) in [6.45, 7) is 1.70. The maximum Gasteiger partial charge on any atom is 0.265 e. The Balaban J connectivity index is 2.04. The van der Waals surface area contributed by atoms with Crippen LogP contribution in [0.5, 0.6) is 5.75 Å². The van der Waals surface area contributed by atoms with Gasteiger partial charge >= 0.3 is 0 Å². The lowest BCUT2D eigenvalue weighted by Crippen LogP contribution is -2.20. The molecule has 0 unspecified atom stereocenters. The molecule has 0 aliphatic heterocycles. The predicted octanol–water partition coefficient (Wildman–Crippen LogP) is 2.81. The van der Waals surface area contributed by atoms with Crippen LogP contribution in [0.1, 0.15) is 16.7 Å². The SMILES string of the molecule is Cc1c(/C=N/c2ncccc2O)c(=O)n2c([nH]c3ccccc32)c1C#N. The fraction of sp³-hybridized carbons (Fsp3) is 0.0526. The van der Waals surface area contributed by atoms with Crippen molar-refractivity contribution in [2.75, 3.05) is 0 Å². The molecule has 126 valence electrons. The van der Waals surface area contributed by atoms with E-state index in [1.54, 1.807) is 13.0 Å². The number of nitriles is 1. The molecule has 0 saturated carbocycles. The van der Waals surface area contributed by atoms with Crippen molar-refractivity contribution < 1.29 is 5.11 Å². The Morgan fingerprint density at radius 3 is 2.88 bits per heavy atom. The Labute approximate surface area is 147 Å². The van der Waals surface area contributed by atoms with Crippen molar-refractivity contribution in [1.82, 2.24) is 14.4 Å². The Hall–Kier alpha value is -3.92. The van der Waals surface area contributed by atoms with Crippen LogP contribution in [0.4, 0.5) is 5.82 Å². The highest BCUT2D eigenvalue weighted by Crippen LogP contribution is 2.23. The van der Waals surface area contributed by atoms with Crippen molar-refractivity contribution in [3.63, 3.8) is 0 Å². The van der Waals surface area contributed by atoms with Crippen molar-refractivity contribution in [3.8, 4) is 11.8 Å². The first-order chi connectivity index (χ1) is 12.6. The number of benzene rings is 1. The summed E-state index contributed by atoms with van der Waals surface area (Å²) in [4.78, 5) is 24.3. The molecule has 0 atom stereocenters. The zero-order valence-corrected chi connectivity index (χ0v) is 13.8. The number of hydrogen-bond donors (Lipinski definition) is 2. The van der Waals surface area contributed by atoms with E-state index in [4.69, 9.17) is 0 Å². The first-order valence-corrected chi connectivity index (χ1v) is 7.86. The summed E-state index contributed by atoms with van der Waals surface area (Å²) in [6.07, 6.45) is 2.84. The van der Waals surface area contributed by atoms with Gasteiger partial charge in [-0.05, 0) is 36.8 Å². The highest BCUT2D eigenvalue weighted by atomic mass is 16.3. The molecule has 0 bridgehead atoms. The number of imidazole rings is 1. The molecule has 0 fully saturated rings. The minimum atomic E-state index is -0.298. The molecule has 0 amide bonds. The molecular weight excluding hydrogens is 330 g/mol. The Kier molecular flexibility index (Phi) is 3.52. The van der Waals surface area contributed by atoms with Gasteiger partial charge in [-0.15, -0.1) is 0 Å². The molecule has 3 aromatic heterocycles. The number of nitrogens with one attached hydrogen (secondary N) is 1. The van der Waals surface area contributed by atoms with Gasteiger partial charge in [-0.2, -0.15) is 5.26 Å². The fourth-order valence-electron chi connectivity index (χ4n) is 2.96. The highest BCUT2D eigenvalue weighted by molar-refractivity contribution is 5.89. The van der Waals surface area contributed by atoms with Crippen LogP contribution in [-0.2, 0) is 0 Å². The summed E-state index contributed by atoms with van der Waals surface area (Å²) >= 11 is 0. The van der Waals surface area contributed by atoms with Crippen molar-refractivity contribution in [3.05, 3.63) is 69.6 Å². The second-order valence-corrected chi connectivity index (χ2v) is 5.76. The van der Waals surface area contributed by atoms with Gasteiger partial charge in [0.25, 0.3) is 5.56 Å². The van der Waals surface area contributed by atoms with Gasteiger partial charge in [0.05, 0.1) is 22.2 Å².